The van der Waals surface area contributed by atoms with E-state index in [1.807, 2.05) is 0 Å². The number of amides is 1. The van der Waals surface area contributed by atoms with E-state index in [0.717, 1.165) is 19.3 Å². The minimum absolute atomic E-state index is 0.158. The molecule has 1 amide bonds. The zero-order valence-corrected chi connectivity index (χ0v) is 10.0. The molecule has 0 aromatic rings. The fraction of sp³-hybridized carbons (Fsp3) is 0.750. The first kappa shape index (κ1) is 14.0. The number of nitrogens with two attached hydrogens (primary N) is 1. The van der Waals surface area contributed by atoms with Crippen LogP contribution < -0.4 is 5.73 Å². The van der Waals surface area contributed by atoms with Crippen LogP contribution >= 0.6 is 0 Å². The standard InChI is InChI=1S/C12H23NO2/c1-4-6-7-10(5-2)8-11(14)9(3)12(13)15/h10,14H,4-8H2,1-3H3,(H2,13,15). The molecule has 0 heterocycles. The van der Waals surface area contributed by atoms with Gasteiger partial charge in [-0.05, 0) is 12.8 Å². The first-order valence-electron chi connectivity index (χ1n) is 5.71. The molecule has 3 N–H and O–H groups in total. The number of allylic oxidation sites excluding steroid dienone is 1. The summed E-state index contributed by atoms with van der Waals surface area (Å²) in [6.07, 6.45) is 5.03. The SMILES string of the molecule is CCCCC(CC)CC(O)=C(C)C(N)=O. The van der Waals surface area contributed by atoms with Gasteiger partial charge in [0.05, 0.1) is 5.57 Å². The van der Waals surface area contributed by atoms with Gasteiger partial charge in [0.15, 0.2) is 0 Å². The summed E-state index contributed by atoms with van der Waals surface area (Å²) in [5.74, 6) is 0.0857. The van der Waals surface area contributed by atoms with Crippen LogP contribution in [-0.2, 0) is 4.79 Å². The van der Waals surface area contributed by atoms with Crippen LogP contribution in [0.2, 0.25) is 0 Å². The molecule has 1 unspecified atom stereocenters. The summed E-state index contributed by atoms with van der Waals surface area (Å²) in [7, 11) is 0. The van der Waals surface area contributed by atoms with Crippen LogP contribution in [0.4, 0.5) is 0 Å². The molecule has 0 fully saturated rings. The van der Waals surface area contributed by atoms with E-state index in [1.165, 1.54) is 6.42 Å². The highest BCUT2D eigenvalue weighted by Gasteiger charge is 2.12. The van der Waals surface area contributed by atoms with Crippen molar-refractivity contribution in [3.05, 3.63) is 11.3 Å². The molecule has 0 aromatic heterocycles. The van der Waals surface area contributed by atoms with Crippen molar-refractivity contribution in [1.82, 2.24) is 0 Å². The number of carbonyl (C=O) groups is 1. The fourth-order valence-electron chi connectivity index (χ4n) is 1.51. The Hall–Kier alpha value is -0.990. The van der Waals surface area contributed by atoms with E-state index >= 15 is 0 Å². The number of aliphatic hydroxyl groups excluding tert-OH is 1. The Labute approximate surface area is 92.4 Å². The van der Waals surface area contributed by atoms with Crippen molar-refractivity contribution in [3.8, 4) is 0 Å². The third-order valence-corrected chi connectivity index (χ3v) is 2.83. The van der Waals surface area contributed by atoms with Gasteiger partial charge in [0.1, 0.15) is 5.76 Å². The molecule has 3 nitrogen and oxygen atoms in total. The Kier molecular flexibility index (Phi) is 6.84. The summed E-state index contributed by atoms with van der Waals surface area (Å²) in [6.45, 7) is 5.83. The number of hydrogen-bond acceptors (Lipinski definition) is 2. The predicted octanol–water partition coefficient (Wildman–Crippen LogP) is 2.91. The average Bonchev–Trinajstić information content (AvgIpc) is 2.22. The van der Waals surface area contributed by atoms with Crippen LogP contribution in [-0.4, -0.2) is 11.0 Å². The van der Waals surface area contributed by atoms with Gasteiger partial charge in [-0.25, -0.2) is 0 Å². The van der Waals surface area contributed by atoms with Gasteiger partial charge in [0, 0.05) is 6.42 Å². The van der Waals surface area contributed by atoms with Gasteiger partial charge in [0.25, 0.3) is 0 Å². The third kappa shape index (κ3) is 5.45. The predicted molar refractivity (Wildman–Crippen MR) is 62.4 cm³/mol. The van der Waals surface area contributed by atoms with Gasteiger partial charge in [-0.15, -0.1) is 0 Å². The molecule has 15 heavy (non-hydrogen) atoms. The summed E-state index contributed by atoms with van der Waals surface area (Å²) in [6, 6.07) is 0. The molecular weight excluding hydrogens is 190 g/mol. The van der Waals surface area contributed by atoms with Crippen molar-refractivity contribution in [3.63, 3.8) is 0 Å². The smallest absolute Gasteiger partial charge is 0.247 e. The minimum atomic E-state index is -0.530. The summed E-state index contributed by atoms with van der Waals surface area (Å²) < 4.78 is 0. The van der Waals surface area contributed by atoms with Crippen molar-refractivity contribution in [1.29, 1.82) is 0 Å². The second-order valence-corrected chi connectivity index (χ2v) is 4.06. The normalized spacial score (nSPS) is 14.6. The van der Waals surface area contributed by atoms with Crippen molar-refractivity contribution >= 4 is 5.91 Å². The fourth-order valence-corrected chi connectivity index (χ4v) is 1.51. The molecule has 0 aliphatic heterocycles. The van der Waals surface area contributed by atoms with Crippen LogP contribution in [0, 0.1) is 5.92 Å². The molecule has 0 aromatic carbocycles. The van der Waals surface area contributed by atoms with E-state index in [2.05, 4.69) is 13.8 Å². The lowest BCUT2D eigenvalue weighted by atomic mass is 9.94. The topological polar surface area (TPSA) is 63.3 Å². The van der Waals surface area contributed by atoms with E-state index in [-0.39, 0.29) is 5.76 Å². The zero-order chi connectivity index (χ0) is 11.8. The Morgan fingerprint density at radius 1 is 1.40 bits per heavy atom. The van der Waals surface area contributed by atoms with Crippen LogP contribution in [0.15, 0.2) is 11.3 Å². The van der Waals surface area contributed by atoms with Gasteiger partial charge in [-0.1, -0.05) is 39.5 Å². The summed E-state index contributed by atoms with van der Waals surface area (Å²) >= 11 is 0. The van der Waals surface area contributed by atoms with Crippen molar-refractivity contribution in [2.24, 2.45) is 11.7 Å². The van der Waals surface area contributed by atoms with Crippen LogP contribution in [0.1, 0.15) is 52.9 Å². The average molecular weight is 213 g/mol. The van der Waals surface area contributed by atoms with E-state index < -0.39 is 5.91 Å². The molecule has 0 aliphatic carbocycles. The van der Waals surface area contributed by atoms with Gasteiger partial charge in [-0.2, -0.15) is 0 Å². The molecule has 0 radical (unpaired) electrons. The van der Waals surface area contributed by atoms with Crippen LogP contribution in [0.5, 0.6) is 0 Å². The first-order valence-corrected chi connectivity index (χ1v) is 5.71. The number of unbranched alkanes of at least 4 members (excludes halogenated alkanes) is 1. The van der Waals surface area contributed by atoms with Crippen molar-refractivity contribution in [2.75, 3.05) is 0 Å². The molecule has 0 rings (SSSR count). The zero-order valence-electron chi connectivity index (χ0n) is 10.0. The maximum Gasteiger partial charge on any atom is 0.247 e. The van der Waals surface area contributed by atoms with E-state index in [4.69, 9.17) is 5.73 Å². The third-order valence-electron chi connectivity index (χ3n) is 2.83. The maximum absolute atomic E-state index is 10.8. The molecule has 1 atom stereocenters. The Morgan fingerprint density at radius 3 is 2.40 bits per heavy atom. The summed E-state index contributed by atoms with van der Waals surface area (Å²) in [4.78, 5) is 10.8. The first-order chi connectivity index (χ1) is 7.02. The van der Waals surface area contributed by atoms with Crippen molar-refractivity contribution < 1.29 is 9.90 Å². The Morgan fingerprint density at radius 2 is 2.00 bits per heavy atom. The Balaban J connectivity index is 4.28. The summed E-state index contributed by atoms with van der Waals surface area (Å²) in [5, 5.41) is 9.67. The molecule has 88 valence electrons. The number of carbonyl (C=O) groups excluding carboxylic acids is 1. The summed E-state index contributed by atoms with van der Waals surface area (Å²) in [5.41, 5.74) is 5.39. The molecular formula is C12H23NO2. The lowest BCUT2D eigenvalue weighted by Gasteiger charge is -2.14. The number of rotatable bonds is 7. The molecule has 0 aliphatic rings. The molecule has 0 saturated carbocycles. The lowest BCUT2D eigenvalue weighted by Crippen LogP contribution is -2.15. The van der Waals surface area contributed by atoms with Gasteiger partial charge in [-0.3, -0.25) is 4.79 Å². The van der Waals surface area contributed by atoms with E-state index in [0.29, 0.717) is 17.9 Å². The second kappa shape index (κ2) is 7.32. The highest BCUT2D eigenvalue weighted by atomic mass is 16.3. The molecule has 0 saturated heterocycles. The van der Waals surface area contributed by atoms with Gasteiger partial charge in [0.2, 0.25) is 5.91 Å². The van der Waals surface area contributed by atoms with E-state index in [1.54, 1.807) is 6.92 Å². The van der Waals surface area contributed by atoms with Gasteiger partial charge < -0.3 is 10.8 Å². The molecule has 0 spiro atoms. The lowest BCUT2D eigenvalue weighted by molar-refractivity contribution is -0.114. The van der Waals surface area contributed by atoms with Crippen LogP contribution in [0.25, 0.3) is 0 Å². The van der Waals surface area contributed by atoms with Crippen LogP contribution in [0.3, 0.4) is 0 Å². The van der Waals surface area contributed by atoms with Crippen molar-refractivity contribution in [2.45, 2.75) is 52.9 Å². The highest BCUT2D eigenvalue weighted by molar-refractivity contribution is 5.91. The largest absolute Gasteiger partial charge is 0.512 e. The quantitative estimate of drug-likeness (QED) is 0.504. The number of hydrogen-bond donors (Lipinski definition) is 2. The monoisotopic (exact) mass is 213 g/mol. The minimum Gasteiger partial charge on any atom is -0.512 e. The van der Waals surface area contributed by atoms with Gasteiger partial charge >= 0.3 is 0 Å². The molecule has 0 bridgehead atoms. The number of aliphatic hydroxyl groups is 1. The molecule has 3 heteroatoms. The maximum atomic E-state index is 10.8. The van der Waals surface area contributed by atoms with E-state index in [9.17, 15) is 9.90 Å². The highest BCUT2D eigenvalue weighted by Crippen LogP contribution is 2.21. The Bertz CT molecular complexity index is 234. The number of primary amides is 1. The second-order valence-electron chi connectivity index (χ2n) is 4.06.